The van der Waals surface area contributed by atoms with E-state index in [4.69, 9.17) is 11.1 Å². The van der Waals surface area contributed by atoms with E-state index in [0.29, 0.717) is 11.5 Å². The zero-order valence-corrected chi connectivity index (χ0v) is 17.2. The first-order valence-corrected chi connectivity index (χ1v) is 10.1. The Hall–Kier alpha value is -2.24. The largest absolute Gasteiger partial charge is 0.508 e. The fourth-order valence-electron chi connectivity index (χ4n) is 6.27. The van der Waals surface area contributed by atoms with E-state index in [9.17, 15) is 15.0 Å². The SMILES string of the molecule is C[C@H]1[C@H](NC(=N)N)C[C@H]2C(C)(C)CCC[C@]2(C)[C@H]1C(=O)c1cc(O)cc(O)c1. The Morgan fingerprint density at radius 1 is 1.18 bits per heavy atom. The van der Waals surface area contributed by atoms with Crippen molar-refractivity contribution in [2.45, 2.75) is 59.4 Å². The summed E-state index contributed by atoms with van der Waals surface area (Å²) < 4.78 is 0. The molecule has 6 heteroatoms. The lowest BCUT2D eigenvalue weighted by Crippen LogP contribution is -2.61. The summed E-state index contributed by atoms with van der Waals surface area (Å²) in [6.45, 7) is 8.83. The minimum absolute atomic E-state index is 0.0314. The first-order chi connectivity index (χ1) is 13.0. The lowest BCUT2D eigenvalue weighted by Gasteiger charge is -2.60. The number of benzene rings is 1. The zero-order valence-electron chi connectivity index (χ0n) is 17.2. The Balaban J connectivity index is 2.08. The molecule has 5 atom stereocenters. The van der Waals surface area contributed by atoms with E-state index < -0.39 is 0 Å². The third kappa shape index (κ3) is 3.45. The van der Waals surface area contributed by atoms with E-state index >= 15 is 0 Å². The molecular formula is C22H33N3O3. The molecule has 0 spiro atoms. The Labute approximate surface area is 167 Å². The van der Waals surface area contributed by atoms with Crippen LogP contribution in [0.5, 0.6) is 11.5 Å². The van der Waals surface area contributed by atoms with Crippen LogP contribution in [0, 0.1) is 34.0 Å². The smallest absolute Gasteiger partial charge is 0.185 e. The minimum atomic E-state index is -0.288. The van der Waals surface area contributed by atoms with E-state index in [1.807, 2.05) is 0 Å². The number of ketones is 1. The summed E-state index contributed by atoms with van der Waals surface area (Å²) in [6.07, 6.45) is 4.04. The summed E-state index contributed by atoms with van der Waals surface area (Å²) in [6, 6.07) is 4.04. The Bertz CT molecular complexity index is 771. The van der Waals surface area contributed by atoms with E-state index in [-0.39, 0.29) is 51.9 Å². The van der Waals surface area contributed by atoms with Gasteiger partial charge in [-0.3, -0.25) is 10.2 Å². The maximum Gasteiger partial charge on any atom is 0.185 e. The molecule has 28 heavy (non-hydrogen) atoms. The van der Waals surface area contributed by atoms with Crippen molar-refractivity contribution in [3.05, 3.63) is 23.8 Å². The normalized spacial score (nSPS) is 34.3. The number of hydrogen-bond donors (Lipinski definition) is 5. The number of carbonyl (C=O) groups is 1. The average Bonchev–Trinajstić information content (AvgIpc) is 2.54. The number of fused-ring (bicyclic) bond motifs is 1. The predicted molar refractivity (Wildman–Crippen MR) is 109 cm³/mol. The molecule has 2 saturated carbocycles. The van der Waals surface area contributed by atoms with Gasteiger partial charge in [-0.05, 0) is 54.1 Å². The highest BCUT2D eigenvalue weighted by Gasteiger charge is 2.58. The van der Waals surface area contributed by atoms with Gasteiger partial charge in [0.2, 0.25) is 0 Å². The van der Waals surface area contributed by atoms with Crippen molar-refractivity contribution in [2.75, 3.05) is 0 Å². The summed E-state index contributed by atoms with van der Waals surface area (Å²) in [7, 11) is 0. The molecule has 2 fully saturated rings. The molecule has 3 rings (SSSR count). The summed E-state index contributed by atoms with van der Waals surface area (Å²) >= 11 is 0. The van der Waals surface area contributed by atoms with Gasteiger partial charge in [-0.25, -0.2) is 0 Å². The van der Waals surface area contributed by atoms with Crippen molar-refractivity contribution in [2.24, 2.45) is 34.3 Å². The highest BCUT2D eigenvalue weighted by Crippen LogP contribution is 2.61. The first kappa shape index (κ1) is 20.5. The van der Waals surface area contributed by atoms with Crippen molar-refractivity contribution in [1.82, 2.24) is 5.32 Å². The average molecular weight is 388 g/mol. The van der Waals surface area contributed by atoms with E-state index in [1.165, 1.54) is 18.2 Å². The van der Waals surface area contributed by atoms with Crippen LogP contribution in [0.2, 0.25) is 0 Å². The van der Waals surface area contributed by atoms with Crippen LogP contribution in [0.25, 0.3) is 0 Å². The molecule has 0 unspecified atom stereocenters. The Morgan fingerprint density at radius 2 is 1.79 bits per heavy atom. The van der Waals surface area contributed by atoms with Gasteiger partial charge in [0.25, 0.3) is 0 Å². The number of nitrogens with two attached hydrogens (primary N) is 1. The molecule has 6 N–H and O–H groups in total. The van der Waals surface area contributed by atoms with Crippen LogP contribution in [0.3, 0.4) is 0 Å². The molecule has 1 aromatic rings. The van der Waals surface area contributed by atoms with Crippen LogP contribution in [0.15, 0.2) is 18.2 Å². The fourth-order valence-corrected chi connectivity index (χ4v) is 6.27. The Kier molecular flexibility index (Phi) is 5.11. The van der Waals surface area contributed by atoms with Gasteiger partial charge in [-0.15, -0.1) is 0 Å². The van der Waals surface area contributed by atoms with E-state index in [1.54, 1.807) is 0 Å². The van der Waals surface area contributed by atoms with Gasteiger partial charge >= 0.3 is 0 Å². The van der Waals surface area contributed by atoms with Gasteiger partial charge in [0, 0.05) is 23.6 Å². The predicted octanol–water partition coefficient (Wildman–Crippen LogP) is 3.62. The molecule has 0 aliphatic heterocycles. The fraction of sp³-hybridized carbons (Fsp3) is 0.636. The molecule has 0 saturated heterocycles. The number of Topliss-reactive ketones (excluding diaryl/α,β-unsaturated/α-hetero) is 1. The number of hydrogen-bond acceptors (Lipinski definition) is 4. The van der Waals surface area contributed by atoms with Crippen molar-refractivity contribution in [1.29, 1.82) is 5.41 Å². The lowest BCUT2D eigenvalue weighted by atomic mass is 9.45. The van der Waals surface area contributed by atoms with Crippen LogP contribution >= 0.6 is 0 Å². The summed E-state index contributed by atoms with van der Waals surface area (Å²) in [4.78, 5) is 13.7. The van der Waals surface area contributed by atoms with Gasteiger partial charge < -0.3 is 21.3 Å². The van der Waals surface area contributed by atoms with E-state index in [2.05, 4.69) is 33.0 Å². The van der Waals surface area contributed by atoms with Crippen LogP contribution < -0.4 is 11.1 Å². The third-order valence-corrected chi connectivity index (χ3v) is 7.45. The van der Waals surface area contributed by atoms with Gasteiger partial charge in [0.15, 0.2) is 11.7 Å². The molecule has 0 bridgehead atoms. The molecule has 0 amide bonds. The molecule has 0 heterocycles. The summed E-state index contributed by atoms with van der Waals surface area (Å²) in [5.41, 5.74) is 5.88. The van der Waals surface area contributed by atoms with Gasteiger partial charge in [0.1, 0.15) is 11.5 Å². The van der Waals surface area contributed by atoms with Gasteiger partial charge in [-0.1, -0.05) is 34.1 Å². The minimum Gasteiger partial charge on any atom is -0.508 e. The van der Waals surface area contributed by atoms with Crippen molar-refractivity contribution in [3.8, 4) is 11.5 Å². The molecule has 154 valence electrons. The second-order valence-corrected chi connectivity index (χ2v) is 9.74. The maximum absolute atomic E-state index is 13.7. The van der Waals surface area contributed by atoms with Crippen LogP contribution in [0.4, 0.5) is 0 Å². The monoisotopic (exact) mass is 387 g/mol. The first-order valence-electron chi connectivity index (χ1n) is 10.1. The van der Waals surface area contributed by atoms with Crippen molar-refractivity contribution >= 4 is 11.7 Å². The number of aromatic hydroxyl groups is 2. The molecule has 0 aromatic heterocycles. The molecule has 1 aromatic carbocycles. The summed E-state index contributed by atoms with van der Waals surface area (Å²) in [5.74, 6) is -0.373. The Morgan fingerprint density at radius 3 is 2.36 bits per heavy atom. The number of nitrogens with one attached hydrogen (secondary N) is 2. The number of phenolic OH excluding ortho intramolecular Hbond substituents is 2. The van der Waals surface area contributed by atoms with Crippen LogP contribution in [0.1, 0.15) is 63.7 Å². The standard InChI is InChI=1S/C22H33N3O3/c1-12-16(25-20(23)24)11-17-21(2,3)6-5-7-22(17,4)18(12)19(28)13-8-14(26)10-15(27)9-13/h8-10,12,16-18,26-27H,5-7,11H2,1-4H3,(H4,23,24,25)/t12-,16+,17-,18+,22-/m0/s1. The van der Waals surface area contributed by atoms with Crippen LogP contribution in [-0.4, -0.2) is 28.0 Å². The second-order valence-electron chi connectivity index (χ2n) is 9.74. The highest BCUT2D eigenvalue weighted by molar-refractivity contribution is 5.99. The number of carbonyl (C=O) groups excluding carboxylic acids is 1. The number of phenols is 2. The van der Waals surface area contributed by atoms with Gasteiger partial charge in [-0.2, -0.15) is 0 Å². The summed E-state index contributed by atoms with van der Waals surface area (Å²) in [5, 5.41) is 30.6. The molecular weight excluding hydrogens is 354 g/mol. The molecule has 0 radical (unpaired) electrons. The third-order valence-electron chi connectivity index (χ3n) is 7.45. The van der Waals surface area contributed by atoms with E-state index in [0.717, 1.165) is 25.7 Å². The lowest BCUT2D eigenvalue weighted by molar-refractivity contribution is -0.0892. The molecule has 2 aliphatic carbocycles. The highest BCUT2D eigenvalue weighted by atomic mass is 16.3. The zero-order chi connectivity index (χ0) is 20.9. The number of guanidine groups is 1. The topological polar surface area (TPSA) is 119 Å². The molecule has 6 nitrogen and oxygen atoms in total. The van der Waals surface area contributed by atoms with Crippen molar-refractivity contribution < 1.29 is 15.0 Å². The second kappa shape index (κ2) is 6.98. The quantitative estimate of drug-likeness (QED) is 0.308. The van der Waals surface area contributed by atoms with Crippen molar-refractivity contribution in [3.63, 3.8) is 0 Å². The van der Waals surface area contributed by atoms with Gasteiger partial charge in [0.05, 0.1) is 0 Å². The number of rotatable bonds is 3. The molecule has 2 aliphatic rings. The van der Waals surface area contributed by atoms with Crippen LogP contribution in [-0.2, 0) is 0 Å². The maximum atomic E-state index is 13.7.